The first-order chi connectivity index (χ1) is 7.66. The number of phenols is 1. The van der Waals surface area contributed by atoms with Crippen LogP contribution in [0.4, 0.5) is 5.69 Å². The van der Waals surface area contributed by atoms with Crippen LogP contribution in [0.1, 0.15) is 15.9 Å². The van der Waals surface area contributed by atoms with Crippen molar-refractivity contribution < 1.29 is 9.90 Å². The first-order valence-electron chi connectivity index (χ1n) is 4.76. The molecule has 0 radical (unpaired) electrons. The van der Waals surface area contributed by atoms with E-state index in [-0.39, 0.29) is 11.7 Å². The Kier molecular flexibility index (Phi) is 2.59. The van der Waals surface area contributed by atoms with Crippen LogP contribution in [0.25, 0.3) is 0 Å². The van der Waals surface area contributed by atoms with Crippen LogP contribution in [0.15, 0.2) is 30.6 Å². The summed E-state index contributed by atoms with van der Waals surface area (Å²) in [5.74, 6) is -0.0543. The lowest BCUT2D eigenvalue weighted by Gasteiger charge is -2.07. The molecule has 16 heavy (non-hydrogen) atoms. The predicted molar refractivity (Wildman–Crippen MR) is 59.4 cm³/mol. The van der Waals surface area contributed by atoms with Crippen LogP contribution in [-0.4, -0.2) is 21.2 Å². The third-order valence-electron chi connectivity index (χ3n) is 2.22. The summed E-state index contributed by atoms with van der Waals surface area (Å²) in [4.78, 5) is 11.7. The van der Waals surface area contributed by atoms with Gasteiger partial charge in [-0.15, -0.1) is 0 Å². The molecule has 5 heteroatoms. The average molecular weight is 217 g/mol. The standard InChI is InChI=1S/C11H11N3O2/c1-7-4-9(15)2-3-10(7)14-11(16)8-5-12-13-6-8/h2-6,15H,1H3,(H,12,13)(H,14,16). The zero-order valence-electron chi connectivity index (χ0n) is 8.69. The second-order valence-electron chi connectivity index (χ2n) is 3.44. The number of nitrogens with one attached hydrogen (secondary N) is 2. The molecule has 0 saturated heterocycles. The number of aromatic amines is 1. The maximum absolute atomic E-state index is 11.7. The van der Waals surface area contributed by atoms with Gasteiger partial charge in [0.25, 0.3) is 5.91 Å². The minimum atomic E-state index is -0.234. The maximum Gasteiger partial charge on any atom is 0.258 e. The summed E-state index contributed by atoms with van der Waals surface area (Å²) in [6.45, 7) is 1.81. The monoisotopic (exact) mass is 217 g/mol. The summed E-state index contributed by atoms with van der Waals surface area (Å²) in [6.07, 6.45) is 2.97. The lowest BCUT2D eigenvalue weighted by Crippen LogP contribution is -2.11. The molecule has 82 valence electrons. The van der Waals surface area contributed by atoms with E-state index in [2.05, 4.69) is 15.5 Å². The lowest BCUT2D eigenvalue weighted by molar-refractivity contribution is 0.102. The molecule has 2 rings (SSSR count). The average Bonchev–Trinajstić information content (AvgIpc) is 2.75. The number of carbonyl (C=O) groups excluding carboxylic acids is 1. The zero-order valence-corrected chi connectivity index (χ0v) is 8.69. The highest BCUT2D eigenvalue weighted by Gasteiger charge is 2.08. The van der Waals surface area contributed by atoms with E-state index in [0.29, 0.717) is 11.3 Å². The summed E-state index contributed by atoms with van der Waals surface area (Å²) >= 11 is 0. The van der Waals surface area contributed by atoms with Crippen LogP contribution in [0.5, 0.6) is 5.75 Å². The van der Waals surface area contributed by atoms with Crippen LogP contribution >= 0.6 is 0 Å². The number of aryl methyl sites for hydroxylation is 1. The normalized spacial score (nSPS) is 10.1. The number of phenolic OH excluding ortho intramolecular Hbond substituents is 1. The summed E-state index contributed by atoms with van der Waals surface area (Å²) in [7, 11) is 0. The Morgan fingerprint density at radius 1 is 1.50 bits per heavy atom. The summed E-state index contributed by atoms with van der Waals surface area (Å²) in [5, 5.41) is 18.2. The molecular formula is C11H11N3O2. The Bertz CT molecular complexity index is 506. The number of anilines is 1. The van der Waals surface area contributed by atoms with E-state index in [4.69, 9.17) is 0 Å². The molecule has 0 aliphatic rings. The number of aromatic nitrogens is 2. The zero-order chi connectivity index (χ0) is 11.5. The van der Waals surface area contributed by atoms with Gasteiger partial charge in [-0.25, -0.2) is 0 Å². The van der Waals surface area contributed by atoms with Crippen LogP contribution in [0.2, 0.25) is 0 Å². The van der Waals surface area contributed by atoms with E-state index >= 15 is 0 Å². The number of hydrogen-bond acceptors (Lipinski definition) is 3. The summed E-state index contributed by atoms with van der Waals surface area (Å²) < 4.78 is 0. The van der Waals surface area contributed by atoms with E-state index < -0.39 is 0 Å². The number of aromatic hydroxyl groups is 1. The Morgan fingerprint density at radius 3 is 2.94 bits per heavy atom. The van der Waals surface area contributed by atoms with Crippen molar-refractivity contribution in [3.63, 3.8) is 0 Å². The maximum atomic E-state index is 11.7. The molecule has 0 saturated carbocycles. The highest BCUT2D eigenvalue weighted by Crippen LogP contribution is 2.20. The van der Waals surface area contributed by atoms with Gasteiger partial charge < -0.3 is 10.4 Å². The largest absolute Gasteiger partial charge is 0.508 e. The van der Waals surface area contributed by atoms with Crippen LogP contribution in [-0.2, 0) is 0 Å². The second-order valence-corrected chi connectivity index (χ2v) is 3.44. The number of carbonyl (C=O) groups is 1. The van der Waals surface area contributed by atoms with Gasteiger partial charge in [0.1, 0.15) is 5.75 Å². The van der Waals surface area contributed by atoms with Gasteiger partial charge in [0, 0.05) is 11.9 Å². The summed E-state index contributed by atoms with van der Waals surface area (Å²) in [6, 6.07) is 4.77. The molecule has 3 N–H and O–H groups in total. The van der Waals surface area contributed by atoms with Gasteiger partial charge in [-0.3, -0.25) is 9.89 Å². The molecule has 0 aliphatic heterocycles. The highest BCUT2D eigenvalue weighted by molar-refractivity contribution is 6.04. The van der Waals surface area contributed by atoms with Gasteiger partial charge in [-0.2, -0.15) is 5.10 Å². The van der Waals surface area contributed by atoms with Crippen molar-refractivity contribution in [2.24, 2.45) is 0 Å². The highest BCUT2D eigenvalue weighted by atomic mass is 16.3. The molecule has 1 heterocycles. The van der Waals surface area contributed by atoms with Gasteiger partial charge in [0.15, 0.2) is 0 Å². The first-order valence-corrected chi connectivity index (χ1v) is 4.76. The Hall–Kier alpha value is -2.30. The number of benzene rings is 1. The molecule has 0 atom stereocenters. The number of amides is 1. The summed E-state index contributed by atoms with van der Waals surface area (Å²) in [5.41, 5.74) is 1.94. The predicted octanol–water partition coefficient (Wildman–Crippen LogP) is 1.68. The Labute approximate surface area is 92.1 Å². The van der Waals surface area contributed by atoms with Crippen molar-refractivity contribution in [3.8, 4) is 5.75 Å². The number of nitrogens with zero attached hydrogens (tertiary/aromatic N) is 1. The molecule has 2 aromatic rings. The SMILES string of the molecule is Cc1cc(O)ccc1NC(=O)c1cn[nH]c1. The van der Waals surface area contributed by atoms with E-state index in [1.165, 1.54) is 18.5 Å². The number of hydrogen-bond donors (Lipinski definition) is 3. The smallest absolute Gasteiger partial charge is 0.258 e. The van der Waals surface area contributed by atoms with Crippen LogP contribution in [0.3, 0.4) is 0 Å². The fraction of sp³-hybridized carbons (Fsp3) is 0.0909. The van der Waals surface area contributed by atoms with Crippen molar-refractivity contribution in [1.29, 1.82) is 0 Å². The molecular weight excluding hydrogens is 206 g/mol. The number of rotatable bonds is 2. The van der Waals surface area contributed by atoms with E-state index in [0.717, 1.165) is 5.56 Å². The minimum Gasteiger partial charge on any atom is -0.508 e. The lowest BCUT2D eigenvalue weighted by atomic mass is 10.2. The first kappa shape index (κ1) is 10.2. The molecule has 1 aromatic carbocycles. The third kappa shape index (κ3) is 2.03. The Balaban J connectivity index is 2.18. The molecule has 0 aliphatic carbocycles. The van der Waals surface area contributed by atoms with Gasteiger partial charge in [0.2, 0.25) is 0 Å². The van der Waals surface area contributed by atoms with E-state index in [1.807, 2.05) is 6.92 Å². The van der Waals surface area contributed by atoms with Gasteiger partial charge in [-0.1, -0.05) is 0 Å². The van der Waals surface area contributed by atoms with Crippen molar-refractivity contribution >= 4 is 11.6 Å². The third-order valence-corrected chi connectivity index (χ3v) is 2.22. The molecule has 1 aromatic heterocycles. The second kappa shape index (κ2) is 4.06. The van der Waals surface area contributed by atoms with Crippen molar-refractivity contribution in [2.45, 2.75) is 6.92 Å². The Morgan fingerprint density at radius 2 is 2.31 bits per heavy atom. The van der Waals surface area contributed by atoms with Crippen LogP contribution in [0, 0.1) is 6.92 Å². The fourth-order valence-corrected chi connectivity index (χ4v) is 1.36. The molecule has 5 nitrogen and oxygen atoms in total. The molecule has 0 spiro atoms. The van der Waals surface area contributed by atoms with Crippen molar-refractivity contribution in [3.05, 3.63) is 41.7 Å². The van der Waals surface area contributed by atoms with Gasteiger partial charge in [-0.05, 0) is 30.7 Å². The topological polar surface area (TPSA) is 78.0 Å². The van der Waals surface area contributed by atoms with E-state index in [1.54, 1.807) is 12.1 Å². The fourth-order valence-electron chi connectivity index (χ4n) is 1.36. The molecule has 0 fully saturated rings. The molecule has 0 bridgehead atoms. The van der Waals surface area contributed by atoms with Crippen LogP contribution < -0.4 is 5.32 Å². The van der Waals surface area contributed by atoms with Gasteiger partial charge in [0.05, 0.1) is 11.8 Å². The quantitative estimate of drug-likeness (QED) is 0.669. The van der Waals surface area contributed by atoms with E-state index in [9.17, 15) is 9.90 Å². The van der Waals surface area contributed by atoms with Crippen molar-refractivity contribution in [1.82, 2.24) is 10.2 Å². The minimum absolute atomic E-state index is 0.179. The van der Waals surface area contributed by atoms with Crippen molar-refractivity contribution in [2.75, 3.05) is 5.32 Å². The molecule has 0 unspecified atom stereocenters. The molecule has 1 amide bonds. The van der Waals surface area contributed by atoms with Gasteiger partial charge >= 0.3 is 0 Å². The number of H-pyrrole nitrogens is 1.